The van der Waals surface area contributed by atoms with E-state index in [4.69, 9.17) is 5.73 Å². The van der Waals surface area contributed by atoms with E-state index in [1.54, 1.807) is 17.1 Å². The van der Waals surface area contributed by atoms with Crippen LogP contribution in [0.1, 0.15) is 38.3 Å². The standard InChI is InChI=1S/C13H22N4O/c1-13(2)4-6-17(7-5-13)12(18)11(14)10-8-15-16(3)9-10/h8-9,11H,4-7,14H2,1-3H3. The van der Waals surface area contributed by atoms with Crippen LogP contribution in [-0.4, -0.2) is 33.7 Å². The van der Waals surface area contributed by atoms with Crippen LogP contribution in [0.15, 0.2) is 12.4 Å². The van der Waals surface area contributed by atoms with Gasteiger partial charge < -0.3 is 10.6 Å². The summed E-state index contributed by atoms with van der Waals surface area (Å²) in [5.74, 6) is 0.0125. The Kier molecular flexibility index (Phi) is 3.43. The average molecular weight is 250 g/mol. The molecule has 100 valence electrons. The van der Waals surface area contributed by atoms with Gasteiger partial charge in [-0.1, -0.05) is 13.8 Å². The van der Waals surface area contributed by atoms with Gasteiger partial charge in [-0.15, -0.1) is 0 Å². The summed E-state index contributed by atoms with van der Waals surface area (Å²) < 4.78 is 1.67. The smallest absolute Gasteiger partial charge is 0.244 e. The lowest BCUT2D eigenvalue weighted by Crippen LogP contribution is -2.45. The number of likely N-dealkylation sites (tertiary alicyclic amines) is 1. The summed E-state index contributed by atoms with van der Waals surface area (Å²) in [6.07, 6.45) is 5.55. The second-order valence-corrected chi connectivity index (χ2v) is 5.91. The van der Waals surface area contributed by atoms with Crippen LogP contribution in [0.2, 0.25) is 0 Å². The summed E-state index contributed by atoms with van der Waals surface area (Å²) in [6, 6.07) is -0.583. The molecule has 1 aliphatic rings. The molecule has 1 saturated heterocycles. The molecule has 0 spiro atoms. The van der Waals surface area contributed by atoms with Crippen molar-refractivity contribution in [1.29, 1.82) is 0 Å². The number of piperidine rings is 1. The van der Waals surface area contributed by atoms with Crippen LogP contribution in [0.5, 0.6) is 0 Å². The van der Waals surface area contributed by atoms with Crippen LogP contribution in [0.4, 0.5) is 0 Å². The first kappa shape index (κ1) is 13.1. The average Bonchev–Trinajstić information content (AvgIpc) is 2.74. The van der Waals surface area contributed by atoms with E-state index in [1.807, 2.05) is 11.9 Å². The molecular formula is C13H22N4O. The van der Waals surface area contributed by atoms with Gasteiger partial charge in [0.25, 0.3) is 0 Å². The maximum Gasteiger partial charge on any atom is 0.244 e. The number of hydrogen-bond acceptors (Lipinski definition) is 3. The molecule has 1 fully saturated rings. The Morgan fingerprint density at radius 1 is 1.44 bits per heavy atom. The Morgan fingerprint density at radius 2 is 2.06 bits per heavy atom. The Balaban J connectivity index is 2.00. The summed E-state index contributed by atoms with van der Waals surface area (Å²) in [5, 5.41) is 4.05. The van der Waals surface area contributed by atoms with Crippen molar-refractivity contribution in [3.05, 3.63) is 18.0 Å². The summed E-state index contributed by atoms with van der Waals surface area (Å²) in [7, 11) is 1.82. The van der Waals surface area contributed by atoms with E-state index in [0.717, 1.165) is 31.5 Å². The fourth-order valence-corrected chi connectivity index (χ4v) is 2.27. The fraction of sp³-hybridized carbons (Fsp3) is 0.692. The van der Waals surface area contributed by atoms with E-state index in [0.29, 0.717) is 5.41 Å². The molecule has 1 atom stereocenters. The van der Waals surface area contributed by atoms with Gasteiger partial charge in [0.15, 0.2) is 0 Å². The number of rotatable bonds is 2. The lowest BCUT2D eigenvalue weighted by atomic mass is 9.82. The van der Waals surface area contributed by atoms with E-state index in [9.17, 15) is 4.79 Å². The molecule has 5 heteroatoms. The predicted octanol–water partition coefficient (Wildman–Crippen LogP) is 1.07. The Bertz CT molecular complexity index is 428. The van der Waals surface area contributed by atoms with Crippen molar-refractivity contribution in [2.24, 2.45) is 18.2 Å². The first-order valence-corrected chi connectivity index (χ1v) is 6.42. The van der Waals surface area contributed by atoms with Crippen LogP contribution in [0.3, 0.4) is 0 Å². The normalized spacial score (nSPS) is 20.8. The highest BCUT2D eigenvalue weighted by Crippen LogP contribution is 2.30. The summed E-state index contributed by atoms with van der Waals surface area (Å²) in [6.45, 7) is 6.10. The quantitative estimate of drug-likeness (QED) is 0.854. The number of amides is 1. The zero-order valence-electron chi connectivity index (χ0n) is 11.4. The van der Waals surface area contributed by atoms with Crippen molar-refractivity contribution in [1.82, 2.24) is 14.7 Å². The van der Waals surface area contributed by atoms with E-state index in [-0.39, 0.29) is 5.91 Å². The number of hydrogen-bond donors (Lipinski definition) is 1. The third-order valence-electron chi connectivity index (χ3n) is 3.78. The molecule has 1 aliphatic heterocycles. The molecule has 18 heavy (non-hydrogen) atoms. The molecular weight excluding hydrogens is 228 g/mol. The summed E-state index contributed by atoms with van der Waals surface area (Å²) >= 11 is 0. The van der Waals surface area contributed by atoms with Gasteiger partial charge in [0, 0.05) is 31.9 Å². The molecule has 2 rings (SSSR count). The highest BCUT2D eigenvalue weighted by atomic mass is 16.2. The minimum absolute atomic E-state index is 0.0125. The molecule has 0 bridgehead atoms. The van der Waals surface area contributed by atoms with Crippen molar-refractivity contribution < 1.29 is 4.79 Å². The lowest BCUT2D eigenvalue weighted by Gasteiger charge is -2.37. The molecule has 5 nitrogen and oxygen atoms in total. The van der Waals surface area contributed by atoms with E-state index in [1.165, 1.54) is 0 Å². The van der Waals surface area contributed by atoms with Gasteiger partial charge in [-0.25, -0.2) is 0 Å². The number of carbonyl (C=O) groups excluding carboxylic acids is 1. The molecule has 2 heterocycles. The largest absolute Gasteiger partial charge is 0.341 e. The maximum atomic E-state index is 12.3. The topological polar surface area (TPSA) is 64.2 Å². The lowest BCUT2D eigenvalue weighted by molar-refractivity contribution is -0.134. The molecule has 1 unspecified atom stereocenters. The third-order valence-corrected chi connectivity index (χ3v) is 3.78. The Hall–Kier alpha value is -1.36. The van der Waals surface area contributed by atoms with Crippen LogP contribution >= 0.6 is 0 Å². The van der Waals surface area contributed by atoms with Gasteiger partial charge in [-0.05, 0) is 18.3 Å². The van der Waals surface area contributed by atoms with Gasteiger partial charge >= 0.3 is 0 Å². The number of aromatic nitrogens is 2. The highest BCUT2D eigenvalue weighted by molar-refractivity contribution is 5.83. The molecule has 0 saturated carbocycles. The number of carbonyl (C=O) groups is 1. The fourth-order valence-electron chi connectivity index (χ4n) is 2.27. The van der Waals surface area contributed by atoms with Gasteiger partial charge in [-0.3, -0.25) is 9.48 Å². The first-order chi connectivity index (χ1) is 8.39. The monoisotopic (exact) mass is 250 g/mol. The van der Waals surface area contributed by atoms with Crippen molar-refractivity contribution in [2.75, 3.05) is 13.1 Å². The third kappa shape index (κ3) is 2.72. The van der Waals surface area contributed by atoms with Crippen LogP contribution in [-0.2, 0) is 11.8 Å². The molecule has 2 N–H and O–H groups in total. The molecule has 1 amide bonds. The Labute approximate surface area is 108 Å². The van der Waals surface area contributed by atoms with Crippen LogP contribution in [0.25, 0.3) is 0 Å². The van der Waals surface area contributed by atoms with Crippen molar-refractivity contribution in [3.8, 4) is 0 Å². The van der Waals surface area contributed by atoms with Crippen LogP contribution in [0, 0.1) is 5.41 Å². The molecule has 1 aromatic heterocycles. The van der Waals surface area contributed by atoms with Crippen LogP contribution < -0.4 is 5.73 Å². The minimum atomic E-state index is -0.583. The Morgan fingerprint density at radius 3 is 2.56 bits per heavy atom. The first-order valence-electron chi connectivity index (χ1n) is 6.42. The number of nitrogens with zero attached hydrogens (tertiary/aromatic N) is 3. The van der Waals surface area contributed by atoms with E-state index in [2.05, 4.69) is 18.9 Å². The number of aryl methyl sites for hydroxylation is 1. The molecule has 1 aromatic rings. The van der Waals surface area contributed by atoms with Crippen molar-refractivity contribution in [2.45, 2.75) is 32.7 Å². The molecule has 0 radical (unpaired) electrons. The van der Waals surface area contributed by atoms with Gasteiger partial charge in [0.1, 0.15) is 6.04 Å². The van der Waals surface area contributed by atoms with E-state index < -0.39 is 6.04 Å². The van der Waals surface area contributed by atoms with Gasteiger partial charge in [-0.2, -0.15) is 5.10 Å². The number of nitrogens with two attached hydrogens (primary N) is 1. The van der Waals surface area contributed by atoms with Gasteiger partial charge in [0.05, 0.1) is 6.20 Å². The minimum Gasteiger partial charge on any atom is -0.341 e. The SMILES string of the molecule is Cn1cc(C(N)C(=O)N2CCC(C)(C)CC2)cn1. The second-order valence-electron chi connectivity index (χ2n) is 5.91. The van der Waals surface area contributed by atoms with Gasteiger partial charge in [0.2, 0.25) is 5.91 Å². The molecule has 0 aromatic carbocycles. The zero-order chi connectivity index (χ0) is 13.3. The van der Waals surface area contributed by atoms with Crippen molar-refractivity contribution in [3.63, 3.8) is 0 Å². The van der Waals surface area contributed by atoms with Crippen molar-refractivity contribution >= 4 is 5.91 Å². The summed E-state index contributed by atoms with van der Waals surface area (Å²) in [5.41, 5.74) is 7.13. The van der Waals surface area contributed by atoms with E-state index >= 15 is 0 Å². The molecule has 0 aliphatic carbocycles. The maximum absolute atomic E-state index is 12.3. The zero-order valence-corrected chi connectivity index (χ0v) is 11.4. The predicted molar refractivity (Wildman–Crippen MR) is 69.7 cm³/mol. The highest BCUT2D eigenvalue weighted by Gasteiger charge is 2.30. The summed E-state index contributed by atoms with van der Waals surface area (Å²) in [4.78, 5) is 14.2. The second kappa shape index (κ2) is 4.72.